The summed E-state index contributed by atoms with van der Waals surface area (Å²) < 4.78 is 0. The summed E-state index contributed by atoms with van der Waals surface area (Å²) in [5.41, 5.74) is 8.13. The molecule has 2 amide bonds. The van der Waals surface area contributed by atoms with Gasteiger partial charge in [-0.15, -0.1) is 0 Å². The summed E-state index contributed by atoms with van der Waals surface area (Å²) in [5, 5.41) is 8.67. The summed E-state index contributed by atoms with van der Waals surface area (Å²) in [6.45, 7) is 3.74. The lowest BCUT2D eigenvalue weighted by Crippen LogP contribution is -2.39. The van der Waals surface area contributed by atoms with Crippen LogP contribution < -0.4 is 21.7 Å². The zero-order valence-electron chi connectivity index (χ0n) is 17.6. The van der Waals surface area contributed by atoms with Crippen molar-refractivity contribution in [3.63, 3.8) is 0 Å². The van der Waals surface area contributed by atoms with Crippen molar-refractivity contribution in [3.05, 3.63) is 60.6 Å². The fraction of sp³-hybridized carbons (Fsp3) is 0.227. The van der Waals surface area contributed by atoms with Crippen molar-refractivity contribution in [1.82, 2.24) is 20.3 Å². The molecule has 0 radical (unpaired) electrons. The van der Waals surface area contributed by atoms with Crippen LogP contribution in [0.3, 0.4) is 0 Å². The van der Waals surface area contributed by atoms with Crippen LogP contribution in [0.1, 0.15) is 24.3 Å². The number of benzene rings is 1. The molecule has 0 aliphatic carbocycles. The van der Waals surface area contributed by atoms with Crippen molar-refractivity contribution < 1.29 is 9.59 Å². The molecule has 160 valence electrons. The number of anilines is 3. The minimum absolute atomic E-state index is 0.0477. The van der Waals surface area contributed by atoms with Gasteiger partial charge in [-0.25, -0.2) is 9.97 Å². The third kappa shape index (κ3) is 5.33. The molecule has 0 bridgehead atoms. The fourth-order valence-electron chi connectivity index (χ4n) is 2.95. The van der Waals surface area contributed by atoms with Crippen molar-refractivity contribution >= 4 is 29.1 Å². The number of amides is 2. The van der Waals surface area contributed by atoms with Crippen LogP contribution in [0, 0.1) is 5.92 Å². The molecular weight excluding hydrogens is 394 g/mol. The van der Waals surface area contributed by atoms with Crippen LogP contribution in [-0.2, 0) is 4.79 Å². The second-order valence-corrected chi connectivity index (χ2v) is 7.22. The van der Waals surface area contributed by atoms with Crippen LogP contribution in [0.15, 0.2) is 54.9 Å². The number of carbonyl (C=O) groups is 2. The van der Waals surface area contributed by atoms with Crippen LogP contribution in [0.5, 0.6) is 0 Å². The van der Waals surface area contributed by atoms with Gasteiger partial charge in [0, 0.05) is 24.5 Å². The second-order valence-electron chi connectivity index (χ2n) is 7.22. The first-order chi connectivity index (χ1) is 14.9. The monoisotopic (exact) mass is 419 g/mol. The van der Waals surface area contributed by atoms with Gasteiger partial charge in [0.05, 0.1) is 11.9 Å². The highest BCUT2D eigenvalue weighted by Crippen LogP contribution is 2.23. The number of nitrogens with one attached hydrogen (secondary N) is 3. The Bertz CT molecular complexity index is 1050. The zero-order valence-corrected chi connectivity index (χ0v) is 17.6. The predicted octanol–water partition coefficient (Wildman–Crippen LogP) is 2.56. The summed E-state index contributed by atoms with van der Waals surface area (Å²) in [4.78, 5) is 37.0. The molecule has 0 saturated carbocycles. The number of hydrogen-bond acceptors (Lipinski definition) is 7. The molecule has 0 fully saturated rings. The van der Waals surface area contributed by atoms with Gasteiger partial charge in [0.15, 0.2) is 11.5 Å². The maximum absolute atomic E-state index is 12.3. The normalized spacial score (nSPS) is 11.6. The van der Waals surface area contributed by atoms with E-state index in [1.165, 1.54) is 13.2 Å². The number of rotatable bonds is 8. The Morgan fingerprint density at radius 1 is 1.03 bits per heavy atom. The van der Waals surface area contributed by atoms with Gasteiger partial charge in [-0.2, -0.15) is 0 Å². The molecule has 0 aliphatic rings. The molecule has 9 nitrogen and oxygen atoms in total. The number of carbonyl (C=O) groups excluding carboxylic acids is 2. The molecule has 0 unspecified atom stereocenters. The van der Waals surface area contributed by atoms with Crippen LogP contribution in [0.25, 0.3) is 11.3 Å². The van der Waals surface area contributed by atoms with E-state index in [2.05, 4.69) is 30.9 Å². The molecule has 3 aromatic rings. The maximum Gasteiger partial charge on any atom is 0.273 e. The van der Waals surface area contributed by atoms with Crippen LogP contribution in [0.2, 0.25) is 0 Å². The van der Waals surface area contributed by atoms with E-state index in [9.17, 15) is 9.59 Å². The Morgan fingerprint density at radius 2 is 1.77 bits per heavy atom. The number of aromatic nitrogens is 3. The summed E-state index contributed by atoms with van der Waals surface area (Å²) >= 11 is 0. The average molecular weight is 419 g/mol. The lowest BCUT2D eigenvalue weighted by Gasteiger charge is -2.20. The highest BCUT2D eigenvalue weighted by molar-refractivity contribution is 5.97. The van der Waals surface area contributed by atoms with Gasteiger partial charge in [0.25, 0.3) is 5.91 Å². The van der Waals surface area contributed by atoms with E-state index in [-0.39, 0.29) is 23.3 Å². The van der Waals surface area contributed by atoms with E-state index in [1.807, 2.05) is 56.3 Å². The van der Waals surface area contributed by atoms with Crippen molar-refractivity contribution in [2.24, 2.45) is 11.7 Å². The lowest BCUT2D eigenvalue weighted by molar-refractivity contribution is -0.119. The van der Waals surface area contributed by atoms with Crippen molar-refractivity contribution in [1.29, 1.82) is 0 Å². The number of nitrogens with zero attached hydrogens (tertiary/aromatic N) is 3. The highest BCUT2D eigenvalue weighted by Gasteiger charge is 2.21. The second kappa shape index (κ2) is 9.66. The molecule has 0 spiro atoms. The maximum atomic E-state index is 12.3. The Labute approximate surface area is 180 Å². The molecular formula is C22H25N7O2. The minimum atomic E-state index is -0.620. The predicted molar refractivity (Wildman–Crippen MR) is 120 cm³/mol. The quantitative estimate of drug-likeness (QED) is 0.441. The largest absolute Gasteiger partial charge is 0.368 e. The summed E-state index contributed by atoms with van der Waals surface area (Å²) in [7, 11) is 1.52. The molecule has 0 saturated heterocycles. The van der Waals surface area contributed by atoms with Gasteiger partial charge in [-0.3, -0.25) is 14.6 Å². The SMILES string of the molecule is CNC(=O)c1ncc(N[C@@H](C(N)=O)C(C)C)nc1Nc1ccc(-c2ccccn2)cc1. The molecule has 3 rings (SSSR count). The zero-order chi connectivity index (χ0) is 22.4. The van der Waals surface area contributed by atoms with E-state index in [0.717, 1.165) is 11.3 Å². The van der Waals surface area contributed by atoms with Gasteiger partial charge >= 0.3 is 0 Å². The standard InChI is InChI=1S/C22H25N7O2/c1-13(2)18(20(23)30)28-17-12-26-19(22(31)24-3)21(29-17)27-15-9-7-14(8-10-15)16-6-4-5-11-25-16/h4-13,18H,1-3H3,(H2,23,30)(H,24,31)(H2,27,28,29)/t18-/m1/s1. The van der Waals surface area contributed by atoms with Gasteiger partial charge in [-0.05, 0) is 30.2 Å². The fourth-order valence-corrected chi connectivity index (χ4v) is 2.95. The molecule has 5 N–H and O–H groups in total. The van der Waals surface area contributed by atoms with E-state index in [1.54, 1.807) is 6.20 Å². The topological polar surface area (TPSA) is 135 Å². The van der Waals surface area contributed by atoms with Crippen LogP contribution in [-0.4, -0.2) is 39.9 Å². The first-order valence-electron chi connectivity index (χ1n) is 9.82. The molecule has 9 heteroatoms. The summed E-state index contributed by atoms with van der Waals surface area (Å²) in [6, 6.07) is 12.7. The Balaban J connectivity index is 1.89. The Kier molecular flexibility index (Phi) is 6.76. The van der Waals surface area contributed by atoms with E-state index in [0.29, 0.717) is 11.5 Å². The molecule has 1 aromatic carbocycles. The molecule has 1 atom stereocenters. The first kappa shape index (κ1) is 21.7. The minimum Gasteiger partial charge on any atom is -0.368 e. The third-order valence-corrected chi connectivity index (χ3v) is 4.60. The van der Waals surface area contributed by atoms with Gasteiger partial charge in [-0.1, -0.05) is 32.0 Å². The first-order valence-corrected chi connectivity index (χ1v) is 9.82. The van der Waals surface area contributed by atoms with Crippen LogP contribution in [0.4, 0.5) is 17.3 Å². The lowest BCUT2D eigenvalue weighted by atomic mass is 10.0. The van der Waals surface area contributed by atoms with E-state index in [4.69, 9.17) is 5.73 Å². The third-order valence-electron chi connectivity index (χ3n) is 4.60. The van der Waals surface area contributed by atoms with Crippen LogP contribution >= 0.6 is 0 Å². The smallest absolute Gasteiger partial charge is 0.273 e. The van der Waals surface area contributed by atoms with Gasteiger partial charge in [0.1, 0.15) is 11.9 Å². The molecule has 2 aromatic heterocycles. The Hall–Kier alpha value is -4.01. The van der Waals surface area contributed by atoms with Crippen molar-refractivity contribution in [2.75, 3.05) is 17.7 Å². The highest BCUT2D eigenvalue weighted by atomic mass is 16.2. The average Bonchev–Trinajstić information content (AvgIpc) is 2.78. The van der Waals surface area contributed by atoms with Crippen molar-refractivity contribution in [2.45, 2.75) is 19.9 Å². The van der Waals surface area contributed by atoms with Gasteiger partial charge < -0.3 is 21.7 Å². The number of hydrogen-bond donors (Lipinski definition) is 4. The summed E-state index contributed by atoms with van der Waals surface area (Å²) in [5.74, 6) is -0.345. The van der Waals surface area contributed by atoms with Crippen molar-refractivity contribution in [3.8, 4) is 11.3 Å². The van der Waals surface area contributed by atoms with E-state index < -0.39 is 11.9 Å². The molecule has 2 heterocycles. The summed E-state index contributed by atoms with van der Waals surface area (Å²) in [6.07, 6.45) is 3.14. The van der Waals surface area contributed by atoms with E-state index >= 15 is 0 Å². The number of pyridine rings is 1. The van der Waals surface area contributed by atoms with Gasteiger partial charge in [0.2, 0.25) is 5.91 Å². The number of nitrogens with two attached hydrogens (primary N) is 1. The molecule has 31 heavy (non-hydrogen) atoms. The molecule has 0 aliphatic heterocycles. The Morgan fingerprint density at radius 3 is 2.35 bits per heavy atom. The number of primary amides is 1.